The number of H-pyrrole nitrogens is 1. The van der Waals surface area contributed by atoms with Crippen LogP contribution in [0, 0.1) is 5.92 Å². The number of ether oxygens (including phenoxy) is 6. The minimum absolute atomic E-state index is 0.0652. The Kier molecular flexibility index (Phi) is 11.7. The quantitative estimate of drug-likeness (QED) is 0.279. The van der Waals surface area contributed by atoms with Crippen molar-refractivity contribution < 1.29 is 47.6 Å². The summed E-state index contributed by atoms with van der Waals surface area (Å²) in [7, 11) is 0. The van der Waals surface area contributed by atoms with Crippen LogP contribution in [0.3, 0.4) is 0 Å². The maximum absolute atomic E-state index is 12.2. The van der Waals surface area contributed by atoms with Crippen molar-refractivity contribution in [3.8, 4) is 5.88 Å². The molecule has 0 spiro atoms. The molecule has 236 valence electrons. The molecule has 1 saturated heterocycles. The fourth-order valence-corrected chi connectivity index (χ4v) is 4.97. The predicted octanol–water partition coefficient (Wildman–Crippen LogP) is 3.78. The molecule has 1 aliphatic heterocycles. The summed E-state index contributed by atoms with van der Waals surface area (Å²) in [5.74, 6) is -1.97. The highest BCUT2D eigenvalue weighted by Crippen LogP contribution is 2.34. The molecule has 0 bridgehead atoms. The van der Waals surface area contributed by atoms with Crippen molar-refractivity contribution in [1.29, 1.82) is 0 Å². The zero-order valence-corrected chi connectivity index (χ0v) is 26.0. The van der Waals surface area contributed by atoms with Crippen molar-refractivity contribution in [3.63, 3.8) is 0 Å². The van der Waals surface area contributed by atoms with Gasteiger partial charge >= 0.3 is 23.9 Å². The molecule has 43 heavy (non-hydrogen) atoms. The molecule has 3 rings (SSSR count). The summed E-state index contributed by atoms with van der Waals surface area (Å²) in [5, 5.41) is 7.45. The van der Waals surface area contributed by atoms with E-state index in [4.69, 9.17) is 28.4 Å². The first-order chi connectivity index (χ1) is 20.2. The van der Waals surface area contributed by atoms with E-state index in [2.05, 4.69) is 48.3 Å². The van der Waals surface area contributed by atoms with E-state index in [-0.39, 0.29) is 18.4 Å². The maximum Gasteiger partial charge on any atom is 0.303 e. The number of rotatable bonds is 12. The van der Waals surface area contributed by atoms with Crippen LogP contribution < -0.4 is 4.74 Å². The van der Waals surface area contributed by atoms with E-state index in [9.17, 15) is 19.2 Å². The number of hydrogen-bond acceptors (Lipinski definition) is 11. The van der Waals surface area contributed by atoms with Crippen LogP contribution >= 0.6 is 0 Å². The Balaban J connectivity index is 2.01. The van der Waals surface area contributed by atoms with Crippen LogP contribution in [0.2, 0.25) is 0 Å². The summed E-state index contributed by atoms with van der Waals surface area (Å²) < 4.78 is 34.0. The van der Waals surface area contributed by atoms with Crippen LogP contribution in [-0.4, -0.2) is 71.4 Å². The molecule has 0 amide bonds. The number of nitrogens with one attached hydrogen (secondary N) is 1. The number of aromatic amines is 1. The van der Waals surface area contributed by atoms with Gasteiger partial charge in [-0.25, -0.2) is 0 Å². The first-order valence-electron chi connectivity index (χ1n) is 14.4. The first-order valence-corrected chi connectivity index (χ1v) is 14.4. The highest BCUT2D eigenvalue weighted by molar-refractivity contribution is 5.68. The van der Waals surface area contributed by atoms with Gasteiger partial charge in [-0.15, -0.1) is 5.10 Å². The molecule has 12 nitrogen and oxygen atoms in total. The zero-order valence-electron chi connectivity index (χ0n) is 26.0. The van der Waals surface area contributed by atoms with Gasteiger partial charge in [-0.1, -0.05) is 52.0 Å². The van der Waals surface area contributed by atoms with E-state index >= 15 is 0 Å². The number of esters is 4. The number of carbonyl (C=O) groups is 4. The van der Waals surface area contributed by atoms with E-state index in [0.717, 1.165) is 37.1 Å². The molecule has 12 heteroatoms. The molecule has 1 aliphatic rings. The molecule has 1 N–H and O–H groups in total. The van der Waals surface area contributed by atoms with Gasteiger partial charge in [0.25, 0.3) is 0 Å². The lowest BCUT2D eigenvalue weighted by molar-refractivity contribution is -0.289. The second kappa shape index (κ2) is 15.0. The SMILES string of the molecule is CC(=O)OC[C@H]1O[C@@H](Oc2n[nH]c(C(C)C)c2Cc2ccc(CC(C)C)cc2)[C@H](OC(C)=O)[C@@H](OC(C)=O)[C@@H]1OC(C)=O. The molecule has 0 aliphatic carbocycles. The van der Waals surface area contributed by atoms with Crippen LogP contribution in [0.25, 0.3) is 0 Å². The average Bonchev–Trinajstić information content (AvgIpc) is 3.28. The third-order valence-electron chi connectivity index (χ3n) is 6.66. The van der Waals surface area contributed by atoms with Crippen molar-refractivity contribution in [2.75, 3.05) is 6.61 Å². The molecule has 1 aromatic carbocycles. The van der Waals surface area contributed by atoms with Crippen molar-refractivity contribution in [1.82, 2.24) is 10.2 Å². The Morgan fingerprint density at radius 3 is 1.91 bits per heavy atom. The van der Waals surface area contributed by atoms with Gasteiger partial charge < -0.3 is 28.4 Å². The molecule has 0 radical (unpaired) electrons. The van der Waals surface area contributed by atoms with Crippen molar-refractivity contribution >= 4 is 23.9 Å². The lowest BCUT2D eigenvalue weighted by Gasteiger charge is -2.43. The van der Waals surface area contributed by atoms with Gasteiger partial charge in [0, 0.05) is 45.4 Å². The molecule has 1 fully saturated rings. The fourth-order valence-electron chi connectivity index (χ4n) is 4.97. The Morgan fingerprint density at radius 1 is 0.814 bits per heavy atom. The van der Waals surface area contributed by atoms with Crippen molar-refractivity contribution in [3.05, 3.63) is 46.6 Å². The third-order valence-corrected chi connectivity index (χ3v) is 6.66. The smallest absolute Gasteiger partial charge is 0.303 e. The minimum Gasteiger partial charge on any atom is -0.463 e. The average molecular weight is 603 g/mol. The molecular formula is C31H42N2O10. The standard InChI is InChI=1S/C31H42N2O10/c1-16(2)13-22-9-11-23(12-10-22)14-24-26(17(3)4)32-33-30(24)43-31-29(41-21(8)37)28(40-20(7)36)27(39-19(6)35)25(42-31)15-38-18(5)34/h9-12,16-17,25,27-29,31H,13-15H2,1-8H3,(H,32,33)/t25-,27-,28+,29-,31+/m1/s1. The van der Waals surface area contributed by atoms with E-state index in [1.165, 1.54) is 19.4 Å². The van der Waals surface area contributed by atoms with E-state index in [1.54, 1.807) is 0 Å². The molecule has 2 heterocycles. The molecule has 2 aromatic rings. The maximum atomic E-state index is 12.2. The predicted molar refractivity (Wildman–Crippen MR) is 153 cm³/mol. The Labute approximate surface area is 251 Å². The van der Waals surface area contributed by atoms with Gasteiger partial charge in [-0.3, -0.25) is 24.3 Å². The van der Waals surface area contributed by atoms with Gasteiger partial charge in [-0.05, 0) is 29.4 Å². The monoisotopic (exact) mass is 602 g/mol. The summed E-state index contributed by atoms with van der Waals surface area (Å²) in [6.45, 7) is 12.7. The number of carbonyl (C=O) groups excluding carboxylic acids is 4. The van der Waals surface area contributed by atoms with Gasteiger partial charge in [0.1, 0.15) is 12.7 Å². The van der Waals surface area contributed by atoms with Gasteiger partial charge in [0.05, 0.1) is 0 Å². The van der Waals surface area contributed by atoms with Crippen LogP contribution in [0.5, 0.6) is 5.88 Å². The van der Waals surface area contributed by atoms with E-state index < -0.39 is 54.6 Å². The summed E-state index contributed by atoms with van der Waals surface area (Å²) in [4.78, 5) is 48.0. The minimum atomic E-state index is -1.38. The number of nitrogens with zero attached hydrogens (tertiary/aromatic N) is 1. The van der Waals surface area contributed by atoms with E-state index in [1.807, 2.05) is 13.8 Å². The topological polar surface area (TPSA) is 152 Å². The lowest BCUT2D eigenvalue weighted by Crippen LogP contribution is -2.63. The van der Waals surface area contributed by atoms with Crippen LogP contribution in [0.15, 0.2) is 24.3 Å². The highest BCUT2D eigenvalue weighted by atomic mass is 16.7. The fraction of sp³-hybridized carbons (Fsp3) is 0.581. The molecule has 1 aromatic heterocycles. The largest absolute Gasteiger partial charge is 0.463 e. The Bertz CT molecular complexity index is 1270. The lowest BCUT2D eigenvalue weighted by atomic mass is 9.96. The first kappa shape index (κ1) is 33.6. The van der Waals surface area contributed by atoms with Gasteiger partial charge in [0.15, 0.2) is 12.2 Å². The summed E-state index contributed by atoms with van der Waals surface area (Å²) in [6, 6.07) is 8.33. The molecule has 5 atom stereocenters. The second-order valence-electron chi connectivity index (χ2n) is 11.4. The third kappa shape index (κ3) is 9.54. The Morgan fingerprint density at radius 2 is 1.37 bits per heavy atom. The van der Waals surface area contributed by atoms with Crippen LogP contribution in [-0.2, 0) is 55.7 Å². The summed E-state index contributed by atoms with van der Waals surface area (Å²) in [6.07, 6.45) is -5.04. The number of hydrogen-bond donors (Lipinski definition) is 1. The van der Waals surface area contributed by atoms with Crippen molar-refractivity contribution in [2.45, 2.75) is 105 Å². The van der Waals surface area contributed by atoms with Crippen molar-refractivity contribution in [2.24, 2.45) is 5.92 Å². The summed E-state index contributed by atoms with van der Waals surface area (Å²) >= 11 is 0. The van der Waals surface area contributed by atoms with Gasteiger partial charge in [0.2, 0.25) is 18.3 Å². The number of aromatic nitrogens is 2. The molecular weight excluding hydrogens is 560 g/mol. The van der Waals surface area contributed by atoms with E-state index in [0.29, 0.717) is 12.3 Å². The highest BCUT2D eigenvalue weighted by Gasteiger charge is 2.53. The number of benzene rings is 1. The zero-order chi connectivity index (χ0) is 31.8. The summed E-state index contributed by atoms with van der Waals surface area (Å²) in [5.41, 5.74) is 3.87. The second-order valence-corrected chi connectivity index (χ2v) is 11.4. The Hall–Kier alpha value is -3.93. The van der Waals surface area contributed by atoms with Crippen LogP contribution in [0.1, 0.15) is 83.7 Å². The normalized spacial score (nSPS) is 21.8. The van der Waals surface area contributed by atoms with Gasteiger partial charge in [-0.2, -0.15) is 0 Å². The van der Waals surface area contributed by atoms with Crippen LogP contribution in [0.4, 0.5) is 0 Å². The molecule has 0 unspecified atom stereocenters. The molecule has 0 saturated carbocycles.